The number of rotatable bonds is 7. The summed E-state index contributed by atoms with van der Waals surface area (Å²) >= 11 is 1.45. The number of hydrogen-bond acceptors (Lipinski definition) is 5. The molecule has 1 aromatic heterocycles. The Labute approximate surface area is 157 Å². The maximum atomic E-state index is 12.6. The van der Waals surface area contributed by atoms with Crippen molar-refractivity contribution in [2.24, 2.45) is 0 Å². The minimum atomic E-state index is -0.274. The number of hydrogen-bond donors (Lipinski definition) is 1. The van der Waals surface area contributed by atoms with Gasteiger partial charge in [0.2, 0.25) is 11.0 Å². The molecular weight excluding hydrogens is 346 g/mol. The van der Waals surface area contributed by atoms with E-state index in [9.17, 15) is 4.79 Å². The number of aromatic nitrogens is 2. The summed E-state index contributed by atoms with van der Waals surface area (Å²) in [4.78, 5) is 12.6. The third kappa shape index (κ3) is 4.19. The van der Waals surface area contributed by atoms with Gasteiger partial charge in [-0.2, -0.15) is 0 Å². The summed E-state index contributed by atoms with van der Waals surface area (Å²) in [5, 5.41) is 14.8. The highest BCUT2D eigenvalue weighted by Gasteiger charge is 2.17. The Bertz CT molecular complexity index is 907. The van der Waals surface area contributed by atoms with Gasteiger partial charge in [-0.3, -0.25) is 4.79 Å². The predicted molar refractivity (Wildman–Crippen MR) is 106 cm³/mol. The molecule has 5 nitrogen and oxygen atoms in total. The molecule has 0 radical (unpaired) electrons. The van der Waals surface area contributed by atoms with Gasteiger partial charge < -0.3 is 10.1 Å². The van der Waals surface area contributed by atoms with E-state index in [0.717, 1.165) is 46.4 Å². The molecular formula is C20H23N3O2S. The van der Waals surface area contributed by atoms with Gasteiger partial charge in [0, 0.05) is 6.42 Å². The first-order valence-electron chi connectivity index (χ1n) is 8.81. The van der Waals surface area contributed by atoms with Gasteiger partial charge in [-0.1, -0.05) is 48.9 Å². The third-order valence-electron chi connectivity index (χ3n) is 4.41. The van der Waals surface area contributed by atoms with Gasteiger partial charge >= 0.3 is 0 Å². The van der Waals surface area contributed by atoms with Gasteiger partial charge in [0.15, 0.2) is 0 Å². The van der Waals surface area contributed by atoms with E-state index in [1.165, 1.54) is 11.3 Å². The molecule has 3 aromatic rings. The molecule has 26 heavy (non-hydrogen) atoms. The number of carbonyl (C=O) groups is 1. The molecule has 0 fully saturated rings. The fourth-order valence-electron chi connectivity index (χ4n) is 2.74. The zero-order valence-corrected chi connectivity index (χ0v) is 16.1. The number of benzene rings is 2. The van der Waals surface area contributed by atoms with Crippen molar-refractivity contribution in [1.82, 2.24) is 10.2 Å². The summed E-state index contributed by atoms with van der Waals surface area (Å²) in [6.45, 7) is 4.05. The van der Waals surface area contributed by atoms with Gasteiger partial charge in [-0.05, 0) is 41.8 Å². The normalized spacial score (nSPS) is 12.1. The van der Waals surface area contributed by atoms with Gasteiger partial charge in [0.25, 0.3) is 0 Å². The first-order valence-corrected chi connectivity index (χ1v) is 9.63. The molecule has 0 aliphatic rings. The Morgan fingerprint density at radius 1 is 1.19 bits per heavy atom. The van der Waals surface area contributed by atoms with Crippen LogP contribution < -0.4 is 10.1 Å². The van der Waals surface area contributed by atoms with Crippen LogP contribution in [0.5, 0.6) is 5.75 Å². The van der Waals surface area contributed by atoms with E-state index in [-0.39, 0.29) is 11.8 Å². The van der Waals surface area contributed by atoms with Crippen LogP contribution in [-0.4, -0.2) is 23.2 Å². The van der Waals surface area contributed by atoms with Crippen molar-refractivity contribution in [3.8, 4) is 5.75 Å². The van der Waals surface area contributed by atoms with Gasteiger partial charge in [-0.15, -0.1) is 10.2 Å². The summed E-state index contributed by atoms with van der Waals surface area (Å²) in [6, 6.07) is 12.0. The highest BCUT2D eigenvalue weighted by molar-refractivity contribution is 7.15. The van der Waals surface area contributed by atoms with E-state index < -0.39 is 0 Å². The molecule has 0 saturated carbocycles. The number of amides is 1. The number of ether oxygens (including phenoxy) is 1. The summed E-state index contributed by atoms with van der Waals surface area (Å²) in [7, 11) is 1.66. The molecule has 0 bridgehead atoms. The van der Waals surface area contributed by atoms with Crippen LogP contribution in [0.3, 0.4) is 0 Å². The average Bonchev–Trinajstić information content (AvgIpc) is 3.12. The lowest BCUT2D eigenvalue weighted by molar-refractivity contribution is -0.117. The van der Waals surface area contributed by atoms with Crippen LogP contribution in [0.2, 0.25) is 0 Å². The molecule has 1 atom stereocenters. The van der Waals surface area contributed by atoms with Crippen LogP contribution in [0.1, 0.15) is 43.2 Å². The van der Waals surface area contributed by atoms with Crippen molar-refractivity contribution in [1.29, 1.82) is 0 Å². The summed E-state index contributed by atoms with van der Waals surface area (Å²) < 4.78 is 5.26. The topological polar surface area (TPSA) is 64.1 Å². The van der Waals surface area contributed by atoms with Crippen LogP contribution in [-0.2, 0) is 11.2 Å². The molecule has 136 valence electrons. The Morgan fingerprint density at radius 3 is 2.73 bits per heavy atom. The molecule has 1 heterocycles. The molecule has 1 N–H and O–H groups in total. The lowest BCUT2D eigenvalue weighted by Crippen LogP contribution is -2.18. The SMILES string of the molecule is CCCCc1nnc(NC(=O)[C@@H](C)c2ccc3cc(OC)ccc3c2)s1. The number of aryl methyl sites for hydroxylation is 1. The average molecular weight is 369 g/mol. The second-order valence-electron chi connectivity index (χ2n) is 6.29. The summed E-state index contributed by atoms with van der Waals surface area (Å²) in [6.07, 6.45) is 3.11. The summed E-state index contributed by atoms with van der Waals surface area (Å²) in [5.74, 6) is 0.478. The molecule has 0 aliphatic carbocycles. The number of fused-ring (bicyclic) bond motifs is 1. The van der Waals surface area contributed by atoms with Crippen molar-refractivity contribution < 1.29 is 9.53 Å². The largest absolute Gasteiger partial charge is 0.497 e. The number of methoxy groups -OCH3 is 1. The monoisotopic (exact) mass is 369 g/mol. The quantitative estimate of drug-likeness (QED) is 0.651. The summed E-state index contributed by atoms with van der Waals surface area (Å²) in [5.41, 5.74) is 0.968. The van der Waals surface area contributed by atoms with E-state index in [2.05, 4.69) is 22.4 Å². The number of unbranched alkanes of at least 4 members (excludes halogenated alkanes) is 1. The van der Waals surface area contributed by atoms with E-state index in [1.54, 1.807) is 7.11 Å². The number of nitrogens with one attached hydrogen (secondary N) is 1. The van der Waals surface area contributed by atoms with Gasteiger partial charge in [0.05, 0.1) is 13.0 Å². The first kappa shape index (κ1) is 18.3. The minimum Gasteiger partial charge on any atom is -0.497 e. The fraction of sp³-hybridized carbons (Fsp3) is 0.350. The lowest BCUT2D eigenvalue weighted by atomic mass is 9.97. The van der Waals surface area contributed by atoms with E-state index in [0.29, 0.717) is 5.13 Å². The second-order valence-corrected chi connectivity index (χ2v) is 7.35. The molecule has 0 spiro atoms. The maximum absolute atomic E-state index is 12.6. The van der Waals surface area contributed by atoms with Crippen molar-refractivity contribution in [3.05, 3.63) is 47.0 Å². The number of carbonyl (C=O) groups excluding carboxylic acids is 1. The minimum absolute atomic E-state index is 0.0731. The molecule has 0 saturated heterocycles. The maximum Gasteiger partial charge on any atom is 0.233 e. The number of anilines is 1. The van der Waals surface area contributed by atoms with Gasteiger partial charge in [0.1, 0.15) is 10.8 Å². The highest BCUT2D eigenvalue weighted by atomic mass is 32.1. The highest BCUT2D eigenvalue weighted by Crippen LogP contribution is 2.26. The van der Waals surface area contributed by atoms with Crippen LogP contribution in [0.4, 0.5) is 5.13 Å². The predicted octanol–water partition coefficient (Wildman–Crippen LogP) is 4.78. The zero-order valence-electron chi connectivity index (χ0n) is 15.3. The fourth-order valence-corrected chi connectivity index (χ4v) is 3.52. The Balaban J connectivity index is 1.71. The molecule has 6 heteroatoms. The third-order valence-corrected chi connectivity index (χ3v) is 5.30. The van der Waals surface area contributed by atoms with Crippen molar-refractivity contribution in [3.63, 3.8) is 0 Å². The zero-order chi connectivity index (χ0) is 18.5. The lowest BCUT2D eigenvalue weighted by Gasteiger charge is -2.12. The number of nitrogens with zero attached hydrogens (tertiary/aromatic N) is 2. The second kappa shape index (κ2) is 8.27. The molecule has 0 aliphatic heterocycles. The van der Waals surface area contributed by atoms with Crippen LogP contribution in [0.15, 0.2) is 36.4 Å². The molecule has 3 rings (SSSR count). The van der Waals surface area contributed by atoms with Crippen LogP contribution in [0, 0.1) is 0 Å². The van der Waals surface area contributed by atoms with Crippen LogP contribution in [0.25, 0.3) is 10.8 Å². The van der Waals surface area contributed by atoms with E-state index >= 15 is 0 Å². The smallest absolute Gasteiger partial charge is 0.233 e. The molecule has 0 unspecified atom stereocenters. The Kier molecular flexibility index (Phi) is 5.83. The first-order chi connectivity index (χ1) is 12.6. The van der Waals surface area contributed by atoms with Crippen molar-refractivity contribution >= 4 is 33.1 Å². The van der Waals surface area contributed by atoms with Crippen LogP contribution >= 0.6 is 11.3 Å². The Morgan fingerprint density at radius 2 is 1.96 bits per heavy atom. The van der Waals surface area contributed by atoms with E-state index in [1.807, 2.05) is 43.3 Å². The van der Waals surface area contributed by atoms with Crippen molar-refractivity contribution in [2.75, 3.05) is 12.4 Å². The Hall–Kier alpha value is -2.47. The van der Waals surface area contributed by atoms with Crippen molar-refractivity contribution in [2.45, 2.75) is 39.0 Å². The van der Waals surface area contributed by atoms with E-state index in [4.69, 9.17) is 4.74 Å². The molecule has 1 amide bonds. The standard InChI is InChI=1S/C20H23N3O2S/c1-4-5-6-18-22-23-20(26-18)21-19(24)13(2)14-7-8-16-12-17(25-3)10-9-15(16)11-14/h7-13H,4-6H2,1-3H3,(H,21,23,24)/t13-/m0/s1. The van der Waals surface area contributed by atoms with Gasteiger partial charge in [-0.25, -0.2) is 0 Å². The molecule has 2 aromatic carbocycles.